The highest BCUT2D eigenvalue weighted by atomic mass is 16.5. The van der Waals surface area contributed by atoms with Crippen molar-refractivity contribution in [1.82, 2.24) is 5.06 Å². The van der Waals surface area contributed by atoms with Crippen molar-refractivity contribution >= 4 is 11.9 Å². The molecule has 6 heteroatoms. The summed E-state index contributed by atoms with van der Waals surface area (Å²) in [5.41, 5.74) is -0.0799. The van der Waals surface area contributed by atoms with E-state index in [1.165, 1.54) is 11.5 Å². The Balaban J connectivity index is 0.000000422. The Hall–Kier alpha value is -1.14. The first-order chi connectivity index (χ1) is 10.5. The quantitative estimate of drug-likeness (QED) is 0.612. The van der Waals surface area contributed by atoms with Crippen molar-refractivity contribution in [3.8, 4) is 0 Å². The molecule has 1 aliphatic heterocycles. The fourth-order valence-corrected chi connectivity index (χ4v) is 2.89. The number of carboxylic acid groups (broad SMARTS) is 2. The second kappa shape index (κ2) is 9.88. The van der Waals surface area contributed by atoms with Gasteiger partial charge in [0.05, 0.1) is 0 Å². The van der Waals surface area contributed by atoms with Crippen LogP contribution in [-0.2, 0) is 9.59 Å². The smallest absolute Gasteiger partial charge is 0.303 e. The molecule has 1 heterocycles. The van der Waals surface area contributed by atoms with E-state index in [4.69, 9.17) is 10.2 Å². The summed E-state index contributed by atoms with van der Waals surface area (Å²) < 4.78 is 0. The predicted octanol–water partition coefficient (Wildman–Crippen LogP) is 3.91. The third-order valence-electron chi connectivity index (χ3n) is 4.26. The van der Waals surface area contributed by atoms with Gasteiger partial charge in [-0.1, -0.05) is 12.8 Å². The second-order valence-electron chi connectivity index (χ2n) is 7.49. The van der Waals surface area contributed by atoms with E-state index in [0.717, 1.165) is 25.7 Å². The first-order valence-electron chi connectivity index (χ1n) is 8.42. The van der Waals surface area contributed by atoms with Crippen LogP contribution >= 0.6 is 0 Å². The van der Waals surface area contributed by atoms with Crippen LogP contribution in [-0.4, -0.2) is 43.5 Å². The normalized spacial score (nSPS) is 19.5. The van der Waals surface area contributed by atoms with Gasteiger partial charge in [-0.05, 0) is 59.8 Å². The Bertz CT molecular complexity index is 345. The summed E-state index contributed by atoms with van der Waals surface area (Å²) in [5, 5.41) is 27.8. The van der Waals surface area contributed by atoms with Crippen molar-refractivity contribution in [2.75, 3.05) is 0 Å². The molecule has 0 spiro atoms. The molecule has 0 atom stereocenters. The fraction of sp³-hybridized carbons (Fsp3) is 0.882. The standard InChI is InChI=1S/C9H19NO.C8H14O4/c1-8(2)6-5-7-9(3,4)10(8)11;9-7(10)5-3-1-2-4-6-8(11)12/h11H,5-7H2,1-4H3;1-6H2,(H,9,10)(H,11,12). The van der Waals surface area contributed by atoms with Gasteiger partial charge in [-0.25, -0.2) is 0 Å². The van der Waals surface area contributed by atoms with Crippen molar-refractivity contribution in [1.29, 1.82) is 0 Å². The number of carbonyl (C=O) groups is 2. The zero-order chi connectivity index (χ0) is 18.1. The average molecular weight is 331 g/mol. The number of aliphatic carboxylic acids is 2. The first kappa shape index (κ1) is 21.9. The summed E-state index contributed by atoms with van der Waals surface area (Å²) in [5.74, 6) is -1.57. The second-order valence-corrected chi connectivity index (χ2v) is 7.49. The Kier molecular flexibility index (Phi) is 9.39. The number of carboxylic acids is 2. The summed E-state index contributed by atoms with van der Waals surface area (Å²) >= 11 is 0. The van der Waals surface area contributed by atoms with Crippen LogP contribution in [0, 0.1) is 0 Å². The molecule has 0 aliphatic carbocycles. The van der Waals surface area contributed by atoms with E-state index in [-0.39, 0.29) is 23.9 Å². The van der Waals surface area contributed by atoms with Gasteiger partial charge in [-0.3, -0.25) is 9.59 Å². The van der Waals surface area contributed by atoms with Gasteiger partial charge in [0.1, 0.15) is 0 Å². The van der Waals surface area contributed by atoms with Crippen LogP contribution in [0.15, 0.2) is 0 Å². The molecule has 0 saturated carbocycles. The van der Waals surface area contributed by atoms with E-state index in [1.807, 2.05) is 0 Å². The van der Waals surface area contributed by atoms with Crippen molar-refractivity contribution in [3.05, 3.63) is 0 Å². The van der Waals surface area contributed by atoms with E-state index in [9.17, 15) is 14.8 Å². The Morgan fingerprint density at radius 3 is 1.43 bits per heavy atom. The van der Waals surface area contributed by atoms with Crippen LogP contribution in [0.5, 0.6) is 0 Å². The highest BCUT2D eigenvalue weighted by Crippen LogP contribution is 2.35. The molecule has 0 aromatic carbocycles. The molecular weight excluding hydrogens is 298 g/mol. The minimum Gasteiger partial charge on any atom is -0.481 e. The molecular formula is C17H33NO5. The maximum atomic E-state index is 10.0. The third-order valence-corrected chi connectivity index (χ3v) is 4.26. The minimum absolute atomic E-state index is 0.0399. The van der Waals surface area contributed by atoms with E-state index < -0.39 is 11.9 Å². The van der Waals surface area contributed by atoms with Gasteiger partial charge in [0.2, 0.25) is 0 Å². The van der Waals surface area contributed by atoms with Gasteiger partial charge in [0.15, 0.2) is 0 Å². The summed E-state index contributed by atoms with van der Waals surface area (Å²) in [4.78, 5) is 20.1. The largest absolute Gasteiger partial charge is 0.481 e. The molecule has 3 N–H and O–H groups in total. The van der Waals surface area contributed by atoms with Crippen LogP contribution in [0.25, 0.3) is 0 Å². The number of nitrogens with zero attached hydrogens (tertiary/aromatic N) is 1. The van der Waals surface area contributed by atoms with Crippen molar-refractivity contribution in [3.63, 3.8) is 0 Å². The van der Waals surface area contributed by atoms with Crippen molar-refractivity contribution in [2.24, 2.45) is 0 Å². The molecule has 1 fully saturated rings. The Labute approximate surface area is 139 Å². The summed E-state index contributed by atoms with van der Waals surface area (Å²) in [6.45, 7) is 8.36. The zero-order valence-electron chi connectivity index (χ0n) is 15.0. The van der Waals surface area contributed by atoms with Crippen molar-refractivity contribution in [2.45, 2.75) is 96.6 Å². The van der Waals surface area contributed by atoms with Gasteiger partial charge >= 0.3 is 11.9 Å². The molecule has 1 aliphatic rings. The van der Waals surface area contributed by atoms with Gasteiger partial charge < -0.3 is 15.4 Å². The highest BCUT2D eigenvalue weighted by molar-refractivity contribution is 5.66. The maximum Gasteiger partial charge on any atom is 0.303 e. The van der Waals surface area contributed by atoms with Crippen LogP contribution in [0.3, 0.4) is 0 Å². The number of piperidine rings is 1. The lowest BCUT2D eigenvalue weighted by molar-refractivity contribution is -0.241. The minimum atomic E-state index is -0.784. The van der Waals surface area contributed by atoms with Crippen molar-refractivity contribution < 1.29 is 25.0 Å². The van der Waals surface area contributed by atoms with Gasteiger partial charge in [0.25, 0.3) is 0 Å². The molecule has 1 rings (SSSR count). The van der Waals surface area contributed by atoms with E-state index >= 15 is 0 Å². The Morgan fingerprint density at radius 2 is 1.17 bits per heavy atom. The predicted molar refractivity (Wildman–Crippen MR) is 88.6 cm³/mol. The van der Waals surface area contributed by atoms with Crippen LogP contribution in [0.2, 0.25) is 0 Å². The lowest BCUT2D eigenvalue weighted by Crippen LogP contribution is -2.56. The number of hydroxylamine groups is 2. The summed E-state index contributed by atoms with van der Waals surface area (Å²) in [7, 11) is 0. The lowest BCUT2D eigenvalue weighted by Gasteiger charge is -2.48. The molecule has 0 radical (unpaired) electrons. The summed E-state index contributed by atoms with van der Waals surface area (Å²) in [6, 6.07) is 0. The Morgan fingerprint density at radius 1 is 0.826 bits per heavy atom. The molecule has 0 bridgehead atoms. The average Bonchev–Trinajstić information content (AvgIpc) is 2.40. The third kappa shape index (κ3) is 9.56. The first-order valence-corrected chi connectivity index (χ1v) is 8.42. The highest BCUT2D eigenvalue weighted by Gasteiger charge is 2.40. The molecule has 0 amide bonds. The lowest BCUT2D eigenvalue weighted by atomic mass is 9.82. The SMILES string of the molecule is CC1(C)CCCC(C)(C)N1O.O=C(O)CCCCCCC(=O)O. The van der Waals surface area contributed by atoms with Crippen LogP contribution in [0.1, 0.15) is 85.5 Å². The van der Waals surface area contributed by atoms with Crippen LogP contribution in [0.4, 0.5) is 0 Å². The van der Waals surface area contributed by atoms with E-state index in [1.54, 1.807) is 0 Å². The maximum absolute atomic E-state index is 10.0. The molecule has 1 saturated heterocycles. The number of hydrogen-bond acceptors (Lipinski definition) is 4. The molecule has 136 valence electrons. The fourth-order valence-electron chi connectivity index (χ4n) is 2.89. The van der Waals surface area contributed by atoms with Gasteiger partial charge in [-0.2, -0.15) is 5.06 Å². The van der Waals surface area contributed by atoms with Crippen LogP contribution < -0.4 is 0 Å². The summed E-state index contributed by atoms with van der Waals surface area (Å²) in [6.07, 6.45) is 6.68. The number of hydrogen-bond donors (Lipinski definition) is 3. The van der Waals surface area contributed by atoms with Gasteiger partial charge in [-0.15, -0.1) is 0 Å². The molecule has 6 nitrogen and oxygen atoms in total. The monoisotopic (exact) mass is 331 g/mol. The molecule has 0 aromatic rings. The topological polar surface area (TPSA) is 98.1 Å². The molecule has 0 aromatic heterocycles. The number of rotatable bonds is 7. The van der Waals surface area contributed by atoms with E-state index in [2.05, 4.69) is 27.7 Å². The molecule has 0 unspecified atom stereocenters. The van der Waals surface area contributed by atoms with Gasteiger partial charge in [0, 0.05) is 23.9 Å². The molecule has 23 heavy (non-hydrogen) atoms. The van der Waals surface area contributed by atoms with E-state index in [0.29, 0.717) is 12.8 Å². The number of unbranched alkanes of at least 4 members (excludes halogenated alkanes) is 3. The zero-order valence-corrected chi connectivity index (χ0v) is 15.0.